The summed E-state index contributed by atoms with van der Waals surface area (Å²) in [7, 11) is 1.18. The van der Waals surface area contributed by atoms with E-state index in [1.807, 2.05) is 45.9 Å². The second-order valence-electron chi connectivity index (χ2n) is 8.80. The third-order valence-corrected chi connectivity index (χ3v) is 6.09. The first-order valence-corrected chi connectivity index (χ1v) is 9.39. The SMILES string of the molecule is COc1cc(B2OC(C)(C)C(C)(C)O2)ccc1CC(=O)NC1(C)CCC1. The molecule has 1 saturated heterocycles. The van der Waals surface area contributed by atoms with Crippen molar-refractivity contribution in [3.05, 3.63) is 23.8 Å². The summed E-state index contributed by atoms with van der Waals surface area (Å²) in [5, 5.41) is 3.14. The van der Waals surface area contributed by atoms with Crippen LogP contribution in [-0.4, -0.2) is 36.9 Å². The van der Waals surface area contributed by atoms with Gasteiger partial charge >= 0.3 is 7.12 Å². The first-order valence-electron chi connectivity index (χ1n) is 9.39. The summed E-state index contributed by atoms with van der Waals surface area (Å²) in [6.45, 7) is 10.2. The first kappa shape index (κ1) is 19.2. The van der Waals surface area contributed by atoms with Gasteiger partial charge in [-0.15, -0.1) is 0 Å². The van der Waals surface area contributed by atoms with E-state index in [4.69, 9.17) is 14.0 Å². The Balaban J connectivity index is 1.73. The number of ether oxygens (including phenoxy) is 1. The van der Waals surface area contributed by atoms with Crippen LogP contribution in [0.3, 0.4) is 0 Å². The van der Waals surface area contributed by atoms with E-state index in [2.05, 4.69) is 12.2 Å². The maximum absolute atomic E-state index is 12.4. The van der Waals surface area contributed by atoms with Gasteiger partial charge in [0.1, 0.15) is 5.75 Å². The number of hydrogen-bond donors (Lipinski definition) is 1. The fourth-order valence-corrected chi connectivity index (χ4v) is 3.42. The van der Waals surface area contributed by atoms with Gasteiger partial charge in [0.15, 0.2) is 0 Å². The Morgan fingerprint density at radius 2 is 1.77 bits per heavy atom. The van der Waals surface area contributed by atoms with E-state index in [1.54, 1.807) is 7.11 Å². The standard InChI is InChI=1S/C20H30BNO4/c1-18(2)19(3,4)26-21(25-18)15-9-8-14(16(13-15)24-6)12-17(23)22-20(5)10-7-11-20/h8-9,13H,7,10-12H2,1-6H3,(H,22,23). The normalized spacial score (nSPS) is 22.6. The van der Waals surface area contributed by atoms with Gasteiger partial charge in [-0.2, -0.15) is 0 Å². The summed E-state index contributed by atoms with van der Waals surface area (Å²) in [6, 6.07) is 5.80. The molecule has 0 unspecified atom stereocenters. The van der Waals surface area contributed by atoms with E-state index in [-0.39, 0.29) is 22.6 Å². The van der Waals surface area contributed by atoms with Crippen LogP contribution in [0.15, 0.2) is 18.2 Å². The largest absolute Gasteiger partial charge is 0.496 e. The van der Waals surface area contributed by atoms with E-state index in [0.717, 1.165) is 23.9 Å². The van der Waals surface area contributed by atoms with Gasteiger partial charge in [-0.1, -0.05) is 12.1 Å². The number of carbonyl (C=O) groups excluding carboxylic acids is 1. The highest BCUT2D eigenvalue weighted by Crippen LogP contribution is 2.37. The van der Waals surface area contributed by atoms with Crippen LogP contribution in [0.1, 0.15) is 59.4 Å². The van der Waals surface area contributed by atoms with Crippen LogP contribution >= 0.6 is 0 Å². The van der Waals surface area contributed by atoms with Crippen molar-refractivity contribution in [3.8, 4) is 5.75 Å². The summed E-state index contributed by atoms with van der Waals surface area (Å²) in [5.74, 6) is 0.722. The molecule has 6 heteroatoms. The Kier molecular flexibility index (Phi) is 4.86. The fraction of sp³-hybridized carbons (Fsp3) is 0.650. The molecule has 142 valence electrons. The minimum atomic E-state index is -0.439. The van der Waals surface area contributed by atoms with Crippen LogP contribution in [0.4, 0.5) is 0 Å². The highest BCUT2D eigenvalue weighted by atomic mass is 16.7. The molecule has 1 aromatic carbocycles. The number of amides is 1. The van der Waals surface area contributed by atoms with Crippen LogP contribution in [0.25, 0.3) is 0 Å². The van der Waals surface area contributed by atoms with Crippen molar-refractivity contribution in [1.82, 2.24) is 5.32 Å². The van der Waals surface area contributed by atoms with Crippen LogP contribution in [-0.2, 0) is 20.5 Å². The average Bonchev–Trinajstić information content (AvgIpc) is 2.74. The van der Waals surface area contributed by atoms with Crippen LogP contribution in [0.5, 0.6) is 5.75 Å². The second kappa shape index (κ2) is 6.57. The lowest BCUT2D eigenvalue weighted by Crippen LogP contribution is -2.51. The second-order valence-corrected chi connectivity index (χ2v) is 8.80. The molecule has 0 spiro atoms. The molecule has 1 aromatic rings. The van der Waals surface area contributed by atoms with Crippen molar-refractivity contribution in [1.29, 1.82) is 0 Å². The maximum Gasteiger partial charge on any atom is 0.494 e. The highest BCUT2D eigenvalue weighted by Gasteiger charge is 2.51. The van der Waals surface area contributed by atoms with E-state index in [0.29, 0.717) is 12.2 Å². The van der Waals surface area contributed by atoms with E-state index in [1.165, 1.54) is 6.42 Å². The molecule has 1 aliphatic heterocycles. The van der Waals surface area contributed by atoms with Gasteiger partial charge < -0.3 is 19.4 Å². The predicted octanol–water partition coefficient (Wildman–Crippen LogP) is 2.60. The topological polar surface area (TPSA) is 56.8 Å². The lowest BCUT2D eigenvalue weighted by atomic mass is 9.78. The molecule has 0 aromatic heterocycles. The molecule has 1 aliphatic carbocycles. The zero-order valence-corrected chi connectivity index (χ0v) is 16.8. The molecule has 0 radical (unpaired) electrons. The number of rotatable bonds is 5. The average molecular weight is 359 g/mol. The van der Waals surface area contributed by atoms with Gasteiger partial charge in [0.25, 0.3) is 0 Å². The number of benzene rings is 1. The van der Waals surface area contributed by atoms with E-state index >= 15 is 0 Å². The molecular weight excluding hydrogens is 329 g/mol. The Hall–Kier alpha value is -1.53. The zero-order valence-electron chi connectivity index (χ0n) is 16.8. The summed E-state index contributed by atoms with van der Waals surface area (Å²) >= 11 is 0. The third-order valence-electron chi connectivity index (χ3n) is 6.09. The molecule has 1 amide bonds. The molecule has 3 rings (SSSR count). The molecule has 2 fully saturated rings. The van der Waals surface area contributed by atoms with Crippen LogP contribution in [0.2, 0.25) is 0 Å². The van der Waals surface area contributed by atoms with Gasteiger partial charge in [-0.3, -0.25) is 4.79 Å². The smallest absolute Gasteiger partial charge is 0.494 e. The summed E-state index contributed by atoms with van der Waals surface area (Å²) < 4.78 is 17.7. The van der Waals surface area contributed by atoms with Crippen LogP contribution < -0.4 is 15.5 Å². The van der Waals surface area contributed by atoms with Gasteiger partial charge in [-0.25, -0.2) is 0 Å². The number of hydrogen-bond acceptors (Lipinski definition) is 4. The molecule has 26 heavy (non-hydrogen) atoms. The van der Waals surface area contributed by atoms with Crippen molar-refractivity contribution in [2.75, 3.05) is 7.11 Å². The Morgan fingerprint density at radius 1 is 1.15 bits per heavy atom. The Labute approximate surface area is 156 Å². The van der Waals surface area contributed by atoms with Gasteiger partial charge in [0, 0.05) is 11.1 Å². The minimum absolute atomic E-state index is 0.0348. The predicted molar refractivity (Wildman–Crippen MR) is 103 cm³/mol. The summed E-state index contributed by atoms with van der Waals surface area (Å²) in [5.41, 5.74) is 0.958. The molecule has 1 N–H and O–H groups in total. The number of nitrogens with one attached hydrogen (secondary N) is 1. The maximum atomic E-state index is 12.4. The lowest BCUT2D eigenvalue weighted by molar-refractivity contribution is -0.123. The van der Waals surface area contributed by atoms with Crippen molar-refractivity contribution in [2.24, 2.45) is 0 Å². The molecule has 2 aliphatic rings. The Morgan fingerprint density at radius 3 is 2.27 bits per heavy atom. The first-order chi connectivity index (χ1) is 12.1. The molecule has 1 saturated carbocycles. The molecule has 0 atom stereocenters. The molecule has 0 bridgehead atoms. The van der Waals surface area contributed by atoms with Gasteiger partial charge in [0.05, 0.1) is 24.7 Å². The van der Waals surface area contributed by atoms with E-state index in [9.17, 15) is 4.79 Å². The summed E-state index contributed by atoms with van der Waals surface area (Å²) in [4.78, 5) is 12.4. The van der Waals surface area contributed by atoms with Crippen molar-refractivity contribution < 1.29 is 18.8 Å². The zero-order chi connectivity index (χ0) is 19.2. The lowest BCUT2D eigenvalue weighted by Gasteiger charge is -2.39. The monoisotopic (exact) mass is 359 g/mol. The Bertz CT molecular complexity index is 681. The third kappa shape index (κ3) is 3.62. The fourth-order valence-electron chi connectivity index (χ4n) is 3.42. The minimum Gasteiger partial charge on any atom is -0.496 e. The quantitative estimate of drug-likeness (QED) is 0.821. The van der Waals surface area contributed by atoms with Gasteiger partial charge in [0.2, 0.25) is 5.91 Å². The molecular formula is C20H30BNO4. The van der Waals surface area contributed by atoms with Crippen molar-refractivity contribution in [3.63, 3.8) is 0 Å². The van der Waals surface area contributed by atoms with E-state index < -0.39 is 7.12 Å². The molecule has 1 heterocycles. The van der Waals surface area contributed by atoms with Gasteiger partial charge in [-0.05, 0) is 65.4 Å². The highest BCUT2D eigenvalue weighted by molar-refractivity contribution is 6.62. The molecule has 5 nitrogen and oxygen atoms in total. The number of methoxy groups -OCH3 is 1. The van der Waals surface area contributed by atoms with Crippen molar-refractivity contribution in [2.45, 2.75) is 77.0 Å². The summed E-state index contributed by atoms with van der Waals surface area (Å²) in [6.07, 6.45) is 3.60. The van der Waals surface area contributed by atoms with Crippen molar-refractivity contribution >= 4 is 18.5 Å². The van der Waals surface area contributed by atoms with Crippen LogP contribution in [0, 0.1) is 0 Å². The number of carbonyl (C=O) groups is 1.